The molecule has 7 nitrogen and oxygen atoms in total. The van der Waals surface area contributed by atoms with Crippen LogP contribution in [0.25, 0.3) is 0 Å². The molecule has 0 aliphatic heterocycles. The number of hydrogen-bond acceptors (Lipinski definition) is 4. The van der Waals surface area contributed by atoms with Crippen molar-refractivity contribution in [1.29, 1.82) is 0 Å². The number of benzene rings is 4. The highest BCUT2D eigenvalue weighted by molar-refractivity contribution is 7.92. The molecule has 4 rings (SSSR count). The molecule has 4 aromatic rings. The van der Waals surface area contributed by atoms with Crippen LogP contribution in [0.1, 0.15) is 30.0 Å². The normalized spacial score (nSPS) is 11.9. The standard InChI is InChI=1S/C34H36ClN3O4S/c1-3-22-36-34(40)32(23-27-12-6-4-7-13-27)37(24-28-14-10-11-17-31(28)35)33(39)25-38(29-15-8-5-9-16-29)43(41,42)30-20-18-26(2)19-21-30/h4-21,32H,3,22-25H2,1-2H3,(H,36,40)/t32-/m1/s1. The van der Waals surface area contributed by atoms with Crippen molar-refractivity contribution >= 4 is 39.1 Å². The second kappa shape index (κ2) is 14.8. The summed E-state index contributed by atoms with van der Waals surface area (Å²) in [7, 11) is -4.14. The Balaban J connectivity index is 1.78. The third-order valence-electron chi connectivity index (χ3n) is 7.05. The molecule has 43 heavy (non-hydrogen) atoms. The molecule has 0 unspecified atom stereocenters. The summed E-state index contributed by atoms with van der Waals surface area (Å²) in [5.74, 6) is -0.856. The Morgan fingerprint density at radius 1 is 0.837 bits per heavy atom. The number of hydrogen-bond donors (Lipinski definition) is 1. The molecule has 4 aromatic carbocycles. The van der Waals surface area contributed by atoms with E-state index < -0.39 is 28.5 Å². The largest absolute Gasteiger partial charge is 0.354 e. The first-order valence-corrected chi connectivity index (χ1v) is 16.0. The Kier molecular flexibility index (Phi) is 11.0. The summed E-state index contributed by atoms with van der Waals surface area (Å²) in [6, 6.07) is 30.6. The van der Waals surface area contributed by atoms with Gasteiger partial charge in [-0.25, -0.2) is 8.42 Å². The van der Waals surface area contributed by atoms with E-state index in [0.717, 1.165) is 21.9 Å². The fourth-order valence-electron chi connectivity index (χ4n) is 4.69. The number of anilines is 1. The lowest BCUT2D eigenvalue weighted by molar-refractivity contribution is -0.140. The number of nitrogens with one attached hydrogen (secondary N) is 1. The zero-order valence-electron chi connectivity index (χ0n) is 24.3. The minimum Gasteiger partial charge on any atom is -0.354 e. The van der Waals surface area contributed by atoms with Crippen LogP contribution in [0, 0.1) is 6.92 Å². The van der Waals surface area contributed by atoms with Crippen LogP contribution in [0.2, 0.25) is 5.02 Å². The zero-order chi connectivity index (χ0) is 30.8. The predicted octanol–water partition coefficient (Wildman–Crippen LogP) is 6.01. The van der Waals surface area contributed by atoms with E-state index in [1.54, 1.807) is 60.7 Å². The summed E-state index contributed by atoms with van der Waals surface area (Å²) in [4.78, 5) is 29.6. The van der Waals surface area contributed by atoms with Gasteiger partial charge in [0.25, 0.3) is 10.0 Å². The molecule has 0 fully saturated rings. The van der Waals surface area contributed by atoms with Gasteiger partial charge in [-0.2, -0.15) is 0 Å². The highest BCUT2D eigenvalue weighted by Gasteiger charge is 2.34. The van der Waals surface area contributed by atoms with Crippen LogP contribution in [0.3, 0.4) is 0 Å². The van der Waals surface area contributed by atoms with Crippen molar-refractivity contribution in [3.8, 4) is 0 Å². The molecular formula is C34H36ClN3O4S. The van der Waals surface area contributed by atoms with E-state index in [9.17, 15) is 18.0 Å². The molecule has 0 heterocycles. The number of aryl methyl sites for hydroxylation is 1. The summed E-state index contributed by atoms with van der Waals surface area (Å²) in [5, 5.41) is 3.38. The summed E-state index contributed by atoms with van der Waals surface area (Å²) >= 11 is 6.52. The van der Waals surface area contributed by atoms with Crippen LogP contribution in [-0.4, -0.2) is 44.3 Å². The average Bonchev–Trinajstić information content (AvgIpc) is 3.02. The van der Waals surface area contributed by atoms with Crippen LogP contribution < -0.4 is 9.62 Å². The molecule has 0 aliphatic rings. The fourth-order valence-corrected chi connectivity index (χ4v) is 6.30. The van der Waals surface area contributed by atoms with Crippen molar-refractivity contribution in [2.75, 3.05) is 17.4 Å². The topological polar surface area (TPSA) is 86.8 Å². The minimum atomic E-state index is -4.14. The van der Waals surface area contributed by atoms with Crippen molar-refractivity contribution in [1.82, 2.24) is 10.2 Å². The van der Waals surface area contributed by atoms with Crippen molar-refractivity contribution in [2.24, 2.45) is 0 Å². The molecule has 1 atom stereocenters. The molecule has 0 radical (unpaired) electrons. The smallest absolute Gasteiger partial charge is 0.264 e. The monoisotopic (exact) mass is 617 g/mol. The van der Waals surface area contributed by atoms with Crippen molar-refractivity contribution in [3.63, 3.8) is 0 Å². The van der Waals surface area contributed by atoms with Gasteiger partial charge in [-0.1, -0.05) is 103 Å². The summed E-state index contributed by atoms with van der Waals surface area (Å²) in [6.45, 7) is 3.76. The van der Waals surface area contributed by atoms with Crippen LogP contribution in [0.4, 0.5) is 5.69 Å². The second-order valence-electron chi connectivity index (χ2n) is 10.3. The lowest BCUT2D eigenvalue weighted by Gasteiger charge is -2.34. The molecular weight excluding hydrogens is 582 g/mol. The molecule has 2 amide bonds. The Morgan fingerprint density at radius 3 is 2.07 bits per heavy atom. The van der Waals surface area contributed by atoms with E-state index >= 15 is 0 Å². The van der Waals surface area contributed by atoms with E-state index in [1.165, 1.54) is 17.0 Å². The number of amides is 2. The molecule has 224 valence electrons. The highest BCUT2D eigenvalue weighted by atomic mass is 35.5. The molecule has 9 heteroatoms. The maximum atomic E-state index is 14.4. The maximum Gasteiger partial charge on any atom is 0.264 e. The number of nitrogens with zero attached hydrogens (tertiary/aromatic N) is 2. The number of sulfonamides is 1. The highest BCUT2D eigenvalue weighted by Crippen LogP contribution is 2.26. The third kappa shape index (κ3) is 8.24. The van der Waals surface area contributed by atoms with E-state index in [1.807, 2.05) is 50.2 Å². The van der Waals surface area contributed by atoms with Crippen LogP contribution in [0.15, 0.2) is 114 Å². The first-order chi connectivity index (χ1) is 20.7. The van der Waals surface area contributed by atoms with Crippen LogP contribution in [-0.2, 0) is 32.6 Å². The third-order valence-corrected chi connectivity index (χ3v) is 9.21. The van der Waals surface area contributed by atoms with Gasteiger partial charge in [-0.15, -0.1) is 0 Å². The first-order valence-electron chi connectivity index (χ1n) is 14.2. The lowest BCUT2D eigenvalue weighted by atomic mass is 10.0. The van der Waals surface area contributed by atoms with Crippen molar-refractivity contribution in [3.05, 3.63) is 131 Å². The van der Waals surface area contributed by atoms with Gasteiger partial charge in [0, 0.05) is 24.5 Å². The van der Waals surface area contributed by atoms with Gasteiger partial charge in [-0.3, -0.25) is 13.9 Å². The van der Waals surface area contributed by atoms with Gasteiger partial charge < -0.3 is 10.2 Å². The number of halogens is 1. The van der Waals surface area contributed by atoms with Gasteiger partial charge in [0.05, 0.1) is 10.6 Å². The summed E-state index contributed by atoms with van der Waals surface area (Å²) in [6.07, 6.45) is 0.960. The van der Waals surface area contributed by atoms with Crippen LogP contribution in [0.5, 0.6) is 0 Å². The minimum absolute atomic E-state index is 0.0166. The first kappa shape index (κ1) is 31.8. The van der Waals surface area contributed by atoms with Crippen molar-refractivity contribution in [2.45, 2.75) is 44.2 Å². The molecule has 1 N–H and O–H groups in total. The summed E-state index contributed by atoms with van der Waals surface area (Å²) < 4.78 is 29.1. The second-order valence-corrected chi connectivity index (χ2v) is 12.5. The number of carbonyl (C=O) groups excluding carboxylic acids is 2. The summed E-state index contributed by atoms with van der Waals surface area (Å²) in [5.41, 5.74) is 2.76. The average molecular weight is 618 g/mol. The fraction of sp³-hybridized carbons (Fsp3) is 0.235. The molecule has 0 saturated heterocycles. The molecule has 0 saturated carbocycles. The molecule has 0 spiro atoms. The molecule has 0 bridgehead atoms. The Morgan fingerprint density at radius 2 is 1.44 bits per heavy atom. The van der Waals surface area contributed by atoms with E-state index in [2.05, 4.69) is 5.32 Å². The number of carbonyl (C=O) groups is 2. The maximum absolute atomic E-state index is 14.4. The zero-order valence-corrected chi connectivity index (χ0v) is 25.9. The Bertz CT molecular complexity index is 1610. The van der Waals surface area contributed by atoms with Gasteiger partial charge in [0.1, 0.15) is 12.6 Å². The van der Waals surface area contributed by atoms with E-state index in [0.29, 0.717) is 22.8 Å². The van der Waals surface area contributed by atoms with Gasteiger partial charge in [0.2, 0.25) is 11.8 Å². The molecule has 0 aromatic heterocycles. The van der Waals surface area contributed by atoms with Gasteiger partial charge in [0.15, 0.2) is 0 Å². The predicted molar refractivity (Wildman–Crippen MR) is 171 cm³/mol. The Hall–Kier alpha value is -4.14. The van der Waals surface area contributed by atoms with E-state index in [-0.39, 0.29) is 23.8 Å². The Labute approximate surface area is 259 Å². The lowest BCUT2D eigenvalue weighted by Crippen LogP contribution is -2.53. The molecule has 0 aliphatic carbocycles. The van der Waals surface area contributed by atoms with Crippen LogP contribution >= 0.6 is 11.6 Å². The van der Waals surface area contributed by atoms with Crippen molar-refractivity contribution < 1.29 is 18.0 Å². The number of para-hydroxylation sites is 1. The number of rotatable bonds is 13. The van der Waals surface area contributed by atoms with Gasteiger partial charge in [-0.05, 0) is 54.8 Å². The SMILES string of the molecule is CCCNC(=O)[C@@H](Cc1ccccc1)N(Cc1ccccc1Cl)C(=O)CN(c1ccccc1)S(=O)(=O)c1ccc(C)cc1. The van der Waals surface area contributed by atoms with E-state index in [4.69, 9.17) is 11.6 Å². The van der Waals surface area contributed by atoms with Gasteiger partial charge >= 0.3 is 0 Å². The quantitative estimate of drug-likeness (QED) is 0.199.